The molecule has 9 rings (SSSR count). The molecule has 1 spiro atoms. The van der Waals surface area contributed by atoms with Crippen LogP contribution in [0.1, 0.15) is 67.7 Å². The molecule has 2 aromatic carbocycles. The monoisotopic (exact) mass is 852 g/mol. The molecule has 1 saturated carbocycles. The Morgan fingerprint density at radius 2 is 1.71 bits per heavy atom. The Balaban J connectivity index is 1.17. The highest BCUT2D eigenvalue weighted by Crippen LogP contribution is 2.58. The molecule has 2 bridgehead atoms. The molecule has 310 valence electrons. The Morgan fingerprint density at radius 3 is 2.36 bits per heavy atom. The van der Waals surface area contributed by atoms with Gasteiger partial charge in [-0.05, 0) is 85.5 Å². The van der Waals surface area contributed by atoms with Crippen LogP contribution in [-0.4, -0.2) is 122 Å². The average Bonchev–Trinajstić information content (AvgIpc) is 3.56. The van der Waals surface area contributed by atoms with Crippen molar-refractivity contribution in [2.75, 3.05) is 61.8 Å². The number of thiazole rings is 1. The second-order valence-corrected chi connectivity index (χ2v) is 20.6. The fourth-order valence-electron chi connectivity index (χ4n) is 9.45. The SMILES string of the molecule is CCN1CCN(C2CC23CSc2c(-c4ccc(F)c5sc(NC(=O)OC(C)(C)C)nc45)c(Cl)cc4c(N5CC6CCC(C5)N6C(=O)OC(C)(C)C)nc(=O)n3c24)CC1. The molecular weight excluding hydrogens is 803 g/mol. The summed E-state index contributed by atoms with van der Waals surface area (Å²) in [4.78, 5) is 60.3. The number of nitrogens with one attached hydrogen (secondary N) is 1. The number of halogens is 2. The Kier molecular flexibility index (Phi) is 9.74. The third-order valence-electron chi connectivity index (χ3n) is 12.0. The van der Waals surface area contributed by atoms with Crippen molar-refractivity contribution >= 4 is 79.0 Å². The Morgan fingerprint density at radius 1 is 1.02 bits per heavy atom. The van der Waals surface area contributed by atoms with Crippen LogP contribution in [0.4, 0.5) is 24.9 Å². The van der Waals surface area contributed by atoms with Gasteiger partial charge in [-0.25, -0.2) is 23.8 Å². The number of hydrogen-bond acceptors (Lipinski definition) is 12. The van der Waals surface area contributed by atoms with E-state index >= 15 is 4.39 Å². The molecule has 4 unspecified atom stereocenters. The van der Waals surface area contributed by atoms with E-state index in [0.29, 0.717) is 46.3 Å². The molecule has 5 aliphatic rings. The van der Waals surface area contributed by atoms with Crippen molar-refractivity contribution in [2.45, 2.75) is 107 Å². The lowest BCUT2D eigenvalue weighted by atomic mass is 10.0. The van der Waals surface area contributed by atoms with Crippen molar-refractivity contribution in [1.82, 2.24) is 29.2 Å². The summed E-state index contributed by atoms with van der Waals surface area (Å²) in [7, 11) is 0. The zero-order chi connectivity index (χ0) is 41.1. The van der Waals surface area contributed by atoms with Crippen molar-refractivity contribution in [3.8, 4) is 11.1 Å². The van der Waals surface area contributed by atoms with Crippen LogP contribution in [-0.2, 0) is 15.0 Å². The van der Waals surface area contributed by atoms with E-state index in [0.717, 1.165) is 79.1 Å². The van der Waals surface area contributed by atoms with Crippen LogP contribution >= 0.6 is 34.7 Å². The largest absolute Gasteiger partial charge is 0.444 e. The summed E-state index contributed by atoms with van der Waals surface area (Å²) in [6.07, 6.45) is 1.50. The fraction of sp³-hybridized carbons (Fsp3) is 0.585. The maximum atomic E-state index is 15.5. The topological polar surface area (TPSA) is 125 Å². The smallest absolute Gasteiger partial charge is 0.413 e. The van der Waals surface area contributed by atoms with E-state index in [1.165, 1.54) is 6.07 Å². The van der Waals surface area contributed by atoms with Crippen molar-refractivity contribution in [2.24, 2.45) is 0 Å². The molecule has 1 aliphatic carbocycles. The van der Waals surface area contributed by atoms with Crippen LogP contribution in [0.3, 0.4) is 0 Å². The summed E-state index contributed by atoms with van der Waals surface area (Å²) >= 11 is 10.1. The Hall–Kier alpha value is -3.70. The highest BCUT2D eigenvalue weighted by Gasteiger charge is 2.61. The van der Waals surface area contributed by atoms with Gasteiger partial charge >= 0.3 is 17.9 Å². The van der Waals surface area contributed by atoms with Gasteiger partial charge in [0.2, 0.25) is 0 Å². The van der Waals surface area contributed by atoms with Crippen molar-refractivity contribution in [1.29, 1.82) is 0 Å². The molecule has 0 radical (unpaired) electrons. The number of carbonyl (C=O) groups is 2. The summed E-state index contributed by atoms with van der Waals surface area (Å²) in [6.45, 7) is 19.0. The average molecular weight is 853 g/mol. The number of likely N-dealkylation sites (N-methyl/N-ethyl adjacent to an activating group) is 1. The number of anilines is 2. The van der Waals surface area contributed by atoms with E-state index in [4.69, 9.17) is 31.0 Å². The predicted molar refractivity (Wildman–Crippen MR) is 227 cm³/mol. The number of benzene rings is 2. The van der Waals surface area contributed by atoms with Crippen LogP contribution in [0.25, 0.3) is 32.2 Å². The molecule has 1 N–H and O–H groups in total. The zero-order valence-corrected chi connectivity index (χ0v) is 36.4. The summed E-state index contributed by atoms with van der Waals surface area (Å²) in [5, 5.41) is 4.06. The molecule has 2 aromatic heterocycles. The van der Waals surface area contributed by atoms with Gasteiger partial charge in [-0.3, -0.25) is 19.7 Å². The number of amides is 2. The van der Waals surface area contributed by atoms with E-state index in [2.05, 4.69) is 26.9 Å². The van der Waals surface area contributed by atoms with Crippen molar-refractivity contribution in [3.63, 3.8) is 0 Å². The lowest BCUT2D eigenvalue weighted by Crippen LogP contribution is -2.57. The highest BCUT2D eigenvalue weighted by molar-refractivity contribution is 7.99. The quantitative estimate of drug-likeness (QED) is 0.213. The molecule has 4 fully saturated rings. The van der Waals surface area contributed by atoms with Crippen molar-refractivity contribution in [3.05, 3.63) is 39.5 Å². The third kappa shape index (κ3) is 6.89. The first-order valence-electron chi connectivity index (χ1n) is 20.2. The molecule has 4 atom stereocenters. The molecule has 17 heteroatoms. The number of nitrogens with zero attached hydrogens (tertiary/aromatic N) is 7. The van der Waals surface area contributed by atoms with E-state index in [1.807, 2.05) is 36.3 Å². The second-order valence-electron chi connectivity index (χ2n) is 18.2. The summed E-state index contributed by atoms with van der Waals surface area (Å²) in [6, 6.07) is 4.97. The van der Waals surface area contributed by atoms with Crippen LogP contribution in [0, 0.1) is 5.82 Å². The number of hydrogen-bond donors (Lipinski definition) is 1. The number of aromatic nitrogens is 3. The molecule has 3 saturated heterocycles. The van der Waals surface area contributed by atoms with Crippen LogP contribution in [0.5, 0.6) is 0 Å². The van der Waals surface area contributed by atoms with Gasteiger partial charge < -0.3 is 19.3 Å². The van der Waals surface area contributed by atoms with Gasteiger partial charge in [0.25, 0.3) is 0 Å². The highest BCUT2D eigenvalue weighted by atomic mass is 35.5. The number of thioether (sulfide) groups is 1. The minimum atomic E-state index is -0.730. The molecule has 4 aliphatic heterocycles. The second kappa shape index (κ2) is 14.2. The maximum Gasteiger partial charge on any atom is 0.413 e. The fourth-order valence-corrected chi connectivity index (χ4v) is 12.2. The zero-order valence-electron chi connectivity index (χ0n) is 34.0. The predicted octanol–water partition coefficient (Wildman–Crippen LogP) is 7.61. The van der Waals surface area contributed by atoms with E-state index < -0.39 is 28.7 Å². The minimum Gasteiger partial charge on any atom is -0.444 e. The Labute approximate surface area is 350 Å². The molecule has 13 nitrogen and oxygen atoms in total. The van der Waals surface area contributed by atoms with Gasteiger partial charge in [-0.2, -0.15) is 4.98 Å². The van der Waals surface area contributed by atoms with E-state index in [1.54, 1.807) is 38.6 Å². The van der Waals surface area contributed by atoms with Gasteiger partial charge in [0.05, 0.1) is 38.4 Å². The lowest BCUT2D eigenvalue weighted by molar-refractivity contribution is 0.0122. The Bertz CT molecular complexity index is 2390. The molecular formula is C41H50ClFN8O5S2. The van der Waals surface area contributed by atoms with Crippen LogP contribution in [0.2, 0.25) is 5.02 Å². The van der Waals surface area contributed by atoms with Gasteiger partial charge in [0, 0.05) is 72.5 Å². The molecule has 2 amide bonds. The van der Waals surface area contributed by atoms with Gasteiger partial charge in [-0.1, -0.05) is 29.9 Å². The number of rotatable bonds is 5. The number of piperazine rings is 2. The van der Waals surface area contributed by atoms with Gasteiger partial charge in [0.15, 0.2) is 5.13 Å². The van der Waals surface area contributed by atoms with Gasteiger partial charge in [-0.15, -0.1) is 11.8 Å². The molecule has 4 aromatic rings. The number of ether oxygens (including phenoxy) is 2. The minimum absolute atomic E-state index is 0.0917. The molecule has 58 heavy (non-hydrogen) atoms. The standard InChI is InChI=1S/C41H50ClFN8O5S2/c1-8-47-13-15-48(16-14-47)28-18-41(28)21-57-33-29(24-11-12-27(43)32-30(24)44-35(58-32)46-37(53)55-39(2,3)4)26(42)17-25-31(33)51(41)36(52)45-34(25)49-19-22-9-10-23(20-49)50(22)38(54)56-40(5,6)7/h11-12,17,22-23,28H,8-10,13-16,18-21H2,1-7H3,(H,44,46,53). The van der Waals surface area contributed by atoms with Gasteiger partial charge in [0.1, 0.15) is 22.8 Å². The molecule has 6 heterocycles. The van der Waals surface area contributed by atoms with Crippen LogP contribution in [0.15, 0.2) is 27.9 Å². The van der Waals surface area contributed by atoms with Crippen LogP contribution < -0.4 is 15.9 Å². The maximum absolute atomic E-state index is 15.5. The number of fused-ring (bicyclic) bond motifs is 4. The normalized spacial score (nSPS) is 24.9. The van der Waals surface area contributed by atoms with E-state index in [9.17, 15) is 14.4 Å². The lowest BCUT2D eigenvalue weighted by Gasteiger charge is -2.42. The first-order chi connectivity index (χ1) is 27.4. The van der Waals surface area contributed by atoms with E-state index in [-0.39, 0.29) is 39.7 Å². The first kappa shape index (κ1) is 39.7. The summed E-state index contributed by atoms with van der Waals surface area (Å²) < 4.78 is 29.0. The first-order valence-corrected chi connectivity index (χ1v) is 22.4. The summed E-state index contributed by atoms with van der Waals surface area (Å²) in [5.41, 5.74) is 0.268. The summed E-state index contributed by atoms with van der Waals surface area (Å²) in [5.74, 6) is 0.728. The van der Waals surface area contributed by atoms with Crippen molar-refractivity contribution < 1.29 is 23.5 Å². The number of carbonyl (C=O) groups excluding carboxylic acids is 2. The third-order valence-corrected chi connectivity index (χ3v) is 14.6.